The van der Waals surface area contributed by atoms with E-state index in [2.05, 4.69) is 10.6 Å². The van der Waals surface area contributed by atoms with Crippen molar-refractivity contribution in [1.29, 1.82) is 0 Å². The van der Waals surface area contributed by atoms with E-state index in [4.69, 9.17) is 9.72 Å². The fourth-order valence-electron chi connectivity index (χ4n) is 7.54. The van der Waals surface area contributed by atoms with E-state index in [9.17, 15) is 34.5 Å². The molecule has 1 unspecified atom stereocenters. The molecule has 3 amide bonds. The summed E-state index contributed by atoms with van der Waals surface area (Å²) < 4.78 is 6.34. The summed E-state index contributed by atoms with van der Waals surface area (Å²) in [6.45, 7) is 11.1. The molecule has 294 valence electrons. The van der Waals surface area contributed by atoms with Crippen LogP contribution in [-0.2, 0) is 25.5 Å². The maximum atomic E-state index is 14.5. The van der Waals surface area contributed by atoms with Crippen molar-refractivity contribution in [3.63, 3.8) is 0 Å². The first-order valence-corrected chi connectivity index (χ1v) is 20.0. The summed E-state index contributed by atoms with van der Waals surface area (Å²) in [7, 11) is 1.94. The van der Waals surface area contributed by atoms with Gasteiger partial charge < -0.3 is 35.6 Å². The van der Waals surface area contributed by atoms with Gasteiger partial charge in [-0.3, -0.25) is 24.1 Å². The largest absolute Gasteiger partial charge is 0.508 e. The van der Waals surface area contributed by atoms with Gasteiger partial charge in [0.2, 0.25) is 11.8 Å². The van der Waals surface area contributed by atoms with Gasteiger partial charge in [0.05, 0.1) is 18.6 Å². The van der Waals surface area contributed by atoms with Crippen LogP contribution in [0.3, 0.4) is 0 Å². The molecule has 7 atom stereocenters. The number of hydrogen-bond donors (Lipinski definition) is 5. The SMILES string of the molecule is CCCO[C@H](CC(C(C)C)N(CCO)C(=O)[C@@H](NC(=O)[C@H]1CCCCN1C)[C@@H](C)CC)c1nc(C(=O)N[C@H]2Cc3ccc(O)cc3[C@H](C(=O)O)C2)cs1. The quantitative estimate of drug-likeness (QED) is 0.146. The highest BCUT2D eigenvalue weighted by Gasteiger charge is 2.39. The number of aromatic nitrogens is 1. The van der Waals surface area contributed by atoms with Gasteiger partial charge in [0, 0.05) is 37.0 Å². The average Bonchev–Trinajstić information content (AvgIpc) is 3.63. The number of nitrogens with zero attached hydrogens (tertiary/aromatic N) is 3. The smallest absolute Gasteiger partial charge is 0.311 e. The number of ether oxygens (including phenoxy) is 1. The number of rotatable bonds is 18. The minimum Gasteiger partial charge on any atom is -0.508 e. The van der Waals surface area contributed by atoms with Gasteiger partial charge in [-0.1, -0.05) is 53.5 Å². The standard InChI is InChI=1S/C39H59N5O8S/c1-7-17-52-33(37-41-30(22-53-37)35(47)40-26-18-25-12-13-27(46)20-28(25)29(19-26)39(50)51)21-32(23(3)4)44(15-16-45)38(49)34(24(5)8-2)42-36(48)31-11-9-10-14-43(31)6/h12-13,20,22-24,26,29,31-34,45-46H,7-11,14-19,21H2,1-6H3,(H,40,47)(H,42,48)(H,50,51)/t24-,26-,29+,31+,32?,33+,34-/m0/s1. The number of fused-ring (bicyclic) bond motifs is 1. The number of hydrogen-bond acceptors (Lipinski definition) is 10. The van der Waals surface area contributed by atoms with Gasteiger partial charge in [0.25, 0.3) is 5.91 Å². The molecule has 2 aliphatic rings. The molecule has 13 nitrogen and oxygen atoms in total. The molecule has 53 heavy (non-hydrogen) atoms. The minimum atomic E-state index is -1.02. The number of amides is 3. The summed E-state index contributed by atoms with van der Waals surface area (Å²) in [6.07, 6.45) is 4.56. The number of phenols is 1. The van der Waals surface area contributed by atoms with Crippen LogP contribution in [0.5, 0.6) is 5.75 Å². The van der Waals surface area contributed by atoms with Crippen LogP contribution in [-0.4, -0.2) is 111 Å². The lowest BCUT2D eigenvalue weighted by atomic mass is 9.80. The predicted molar refractivity (Wildman–Crippen MR) is 203 cm³/mol. The Morgan fingerprint density at radius 3 is 2.55 bits per heavy atom. The molecule has 1 aliphatic heterocycles. The molecule has 1 aliphatic carbocycles. The number of carboxylic acid groups (broad SMARTS) is 1. The van der Waals surface area contributed by atoms with Crippen molar-refractivity contribution in [1.82, 2.24) is 25.4 Å². The molecule has 0 radical (unpaired) electrons. The van der Waals surface area contributed by atoms with Gasteiger partial charge in [0.15, 0.2) is 0 Å². The normalized spacial score (nSPS) is 21.2. The molecule has 2 aromatic rings. The lowest BCUT2D eigenvalue weighted by Gasteiger charge is -2.40. The van der Waals surface area contributed by atoms with Crippen LogP contribution in [0.25, 0.3) is 0 Å². The Labute approximate surface area is 317 Å². The van der Waals surface area contributed by atoms with Crippen molar-refractivity contribution >= 4 is 35.0 Å². The second kappa shape index (κ2) is 19.7. The maximum absolute atomic E-state index is 14.5. The molecular formula is C39H59N5O8S. The molecule has 0 bridgehead atoms. The number of carbonyl (C=O) groups is 4. The first-order valence-electron chi connectivity index (χ1n) is 19.1. The van der Waals surface area contributed by atoms with Crippen LogP contribution in [0.2, 0.25) is 0 Å². The Morgan fingerprint density at radius 2 is 1.91 bits per heavy atom. The van der Waals surface area contributed by atoms with Crippen LogP contribution < -0.4 is 10.6 Å². The highest BCUT2D eigenvalue weighted by atomic mass is 32.1. The number of piperidine rings is 1. The van der Waals surface area contributed by atoms with Gasteiger partial charge in [0.1, 0.15) is 28.6 Å². The van der Waals surface area contributed by atoms with E-state index < -0.39 is 36.0 Å². The van der Waals surface area contributed by atoms with Crippen molar-refractivity contribution in [2.45, 2.75) is 122 Å². The second-order valence-corrected chi connectivity index (χ2v) is 15.9. The summed E-state index contributed by atoms with van der Waals surface area (Å²) in [5.41, 5.74) is 1.50. The van der Waals surface area contributed by atoms with Gasteiger partial charge >= 0.3 is 5.97 Å². The van der Waals surface area contributed by atoms with Gasteiger partial charge in [-0.25, -0.2) is 4.98 Å². The van der Waals surface area contributed by atoms with Crippen LogP contribution in [0.4, 0.5) is 0 Å². The molecule has 1 fully saturated rings. The third-order valence-corrected chi connectivity index (χ3v) is 11.7. The van der Waals surface area contributed by atoms with Crippen molar-refractivity contribution < 1.29 is 39.2 Å². The number of thiazole rings is 1. The first-order chi connectivity index (χ1) is 25.3. The molecule has 2 heterocycles. The number of likely N-dealkylation sites (tertiary alicyclic amines) is 1. The topological polar surface area (TPSA) is 182 Å². The van der Waals surface area contributed by atoms with E-state index >= 15 is 0 Å². The minimum absolute atomic E-state index is 0.000632. The van der Waals surface area contributed by atoms with E-state index in [1.54, 1.807) is 16.3 Å². The molecule has 1 aromatic heterocycles. The summed E-state index contributed by atoms with van der Waals surface area (Å²) in [5, 5.41) is 38.3. The summed E-state index contributed by atoms with van der Waals surface area (Å²) in [4.78, 5) is 62.0. The Bertz CT molecular complexity index is 1550. The van der Waals surface area contributed by atoms with Crippen molar-refractivity contribution in [2.24, 2.45) is 11.8 Å². The number of aliphatic carboxylic acids is 1. The fourth-order valence-corrected chi connectivity index (χ4v) is 8.40. The zero-order valence-corrected chi connectivity index (χ0v) is 32.9. The van der Waals surface area contributed by atoms with Crippen molar-refractivity contribution in [3.8, 4) is 5.75 Å². The van der Waals surface area contributed by atoms with Crippen LogP contribution in [0, 0.1) is 11.8 Å². The Kier molecular flexibility index (Phi) is 15.6. The van der Waals surface area contributed by atoms with Crippen molar-refractivity contribution in [2.75, 3.05) is 33.4 Å². The zero-order chi connectivity index (χ0) is 38.8. The molecule has 1 aromatic carbocycles. The molecule has 14 heteroatoms. The lowest BCUT2D eigenvalue weighted by Crippen LogP contribution is -2.59. The predicted octanol–water partition coefficient (Wildman–Crippen LogP) is 4.48. The third kappa shape index (κ3) is 10.8. The number of likely N-dealkylation sites (N-methyl/N-ethyl adjacent to an activating group) is 1. The molecule has 5 N–H and O–H groups in total. The molecule has 0 spiro atoms. The van der Waals surface area contributed by atoms with E-state index in [-0.39, 0.29) is 66.7 Å². The van der Waals surface area contributed by atoms with E-state index in [1.807, 2.05) is 46.6 Å². The van der Waals surface area contributed by atoms with Crippen LogP contribution in [0.1, 0.15) is 118 Å². The number of carboxylic acids is 1. The highest BCUT2D eigenvalue weighted by Crippen LogP contribution is 2.35. The molecule has 1 saturated heterocycles. The van der Waals surface area contributed by atoms with E-state index in [0.29, 0.717) is 36.4 Å². The monoisotopic (exact) mass is 757 g/mol. The van der Waals surface area contributed by atoms with Crippen LogP contribution >= 0.6 is 11.3 Å². The average molecular weight is 758 g/mol. The van der Waals surface area contributed by atoms with E-state index in [0.717, 1.165) is 37.8 Å². The number of nitrogens with one attached hydrogen (secondary N) is 2. The number of phenolic OH excluding ortho intramolecular Hbond substituents is 1. The number of aliphatic hydroxyl groups is 1. The zero-order valence-electron chi connectivity index (χ0n) is 32.0. The second-order valence-electron chi connectivity index (χ2n) is 15.0. The Morgan fingerprint density at radius 1 is 1.15 bits per heavy atom. The number of aliphatic hydroxyl groups excluding tert-OH is 1. The number of aromatic hydroxyl groups is 1. The molecule has 0 saturated carbocycles. The Balaban J connectivity index is 1.54. The highest BCUT2D eigenvalue weighted by molar-refractivity contribution is 7.09. The summed E-state index contributed by atoms with van der Waals surface area (Å²) >= 11 is 1.29. The lowest BCUT2D eigenvalue weighted by molar-refractivity contribution is -0.143. The third-order valence-electron chi connectivity index (χ3n) is 10.8. The van der Waals surface area contributed by atoms with Crippen molar-refractivity contribution in [3.05, 3.63) is 45.4 Å². The van der Waals surface area contributed by atoms with Crippen LogP contribution in [0.15, 0.2) is 23.6 Å². The Hall–Kier alpha value is -3.59. The maximum Gasteiger partial charge on any atom is 0.311 e. The number of carbonyl (C=O) groups excluding carboxylic acids is 3. The van der Waals surface area contributed by atoms with Gasteiger partial charge in [-0.05, 0) is 80.8 Å². The van der Waals surface area contributed by atoms with Gasteiger partial charge in [-0.15, -0.1) is 11.3 Å². The fraction of sp³-hybridized carbons (Fsp3) is 0.667. The molecular weight excluding hydrogens is 699 g/mol. The number of benzene rings is 1. The van der Waals surface area contributed by atoms with Gasteiger partial charge in [-0.2, -0.15) is 0 Å². The first kappa shape index (κ1) is 42.2. The summed E-state index contributed by atoms with van der Waals surface area (Å²) in [6, 6.07) is 2.80. The van der Waals surface area contributed by atoms with E-state index in [1.165, 1.54) is 23.5 Å². The molecule has 4 rings (SSSR count). The summed E-state index contributed by atoms with van der Waals surface area (Å²) in [5.74, 6) is -2.89.